The number of hydrogen-bond acceptors (Lipinski definition) is 5. The van der Waals surface area contributed by atoms with Crippen LogP contribution in [0, 0.1) is 0 Å². The number of hydrogen-bond donors (Lipinski definition) is 2. The third-order valence-electron chi connectivity index (χ3n) is 2.54. The molecule has 1 aromatic rings. The summed E-state index contributed by atoms with van der Waals surface area (Å²) in [4.78, 5) is 0.0515. The van der Waals surface area contributed by atoms with E-state index in [1.165, 1.54) is 20.3 Å². The fourth-order valence-corrected chi connectivity index (χ4v) is 3.33. The van der Waals surface area contributed by atoms with E-state index in [1.807, 2.05) is 0 Å². The Hall–Kier alpha value is -0.670. The average Bonchev–Trinajstić information content (AvgIpc) is 2.38. The minimum atomic E-state index is -3.69. The first-order chi connectivity index (χ1) is 9.40. The van der Waals surface area contributed by atoms with Crippen LogP contribution < -0.4 is 9.46 Å². The summed E-state index contributed by atoms with van der Waals surface area (Å²) in [7, 11) is -0.814. The van der Waals surface area contributed by atoms with Crippen molar-refractivity contribution < 1.29 is 23.0 Å². The molecule has 0 heterocycles. The minimum Gasteiger partial charge on any atom is -0.495 e. The molecule has 0 aliphatic rings. The molecule has 0 radical (unpaired) electrons. The molecule has 1 rings (SSSR count). The summed E-state index contributed by atoms with van der Waals surface area (Å²) >= 11 is 3.23. The Morgan fingerprint density at radius 3 is 2.70 bits per heavy atom. The van der Waals surface area contributed by atoms with Gasteiger partial charge in [-0.25, -0.2) is 13.1 Å². The normalized spacial score (nSPS) is 13.2. The third kappa shape index (κ3) is 5.02. The predicted octanol–water partition coefficient (Wildman–Crippen LogP) is 1.13. The maximum Gasteiger partial charge on any atom is 0.244 e. The van der Waals surface area contributed by atoms with E-state index in [1.54, 1.807) is 12.1 Å². The summed E-state index contributed by atoms with van der Waals surface area (Å²) in [6.45, 7) is 0.282. The zero-order chi connectivity index (χ0) is 15.2. The largest absolute Gasteiger partial charge is 0.495 e. The molecule has 6 nitrogen and oxygen atoms in total. The van der Waals surface area contributed by atoms with E-state index in [0.717, 1.165) is 0 Å². The quantitative estimate of drug-likeness (QED) is 0.719. The van der Waals surface area contributed by atoms with Crippen LogP contribution >= 0.6 is 15.9 Å². The highest BCUT2D eigenvalue weighted by atomic mass is 79.9. The monoisotopic (exact) mass is 367 g/mol. The number of nitrogens with one attached hydrogen (secondary N) is 1. The first-order valence-electron chi connectivity index (χ1n) is 5.91. The second-order valence-corrected chi connectivity index (χ2v) is 6.74. The molecule has 0 saturated heterocycles. The summed E-state index contributed by atoms with van der Waals surface area (Å²) in [5.74, 6) is 0.262. The molecule has 0 spiro atoms. The van der Waals surface area contributed by atoms with Crippen molar-refractivity contribution in [2.45, 2.75) is 17.4 Å². The summed E-state index contributed by atoms with van der Waals surface area (Å²) in [6.07, 6.45) is -0.435. The van der Waals surface area contributed by atoms with Gasteiger partial charge in [0.15, 0.2) is 0 Å². The van der Waals surface area contributed by atoms with Gasteiger partial charge in [0, 0.05) is 18.1 Å². The van der Waals surface area contributed by atoms with E-state index in [2.05, 4.69) is 20.7 Å². The van der Waals surface area contributed by atoms with Gasteiger partial charge in [0.2, 0.25) is 10.0 Å². The minimum absolute atomic E-state index is 0.0515. The van der Waals surface area contributed by atoms with Crippen LogP contribution in [0.2, 0.25) is 0 Å². The Morgan fingerprint density at radius 2 is 2.10 bits per heavy atom. The molecule has 20 heavy (non-hydrogen) atoms. The lowest BCUT2D eigenvalue weighted by Crippen LogP contribution is -2.29. The van der Waals surface area contributed by atoms with E-state index in [4.69, 9.17) is 9.47 Å². The van der Waals surface area contributed by atoms with Gasteiger partial charge in [0.1, 0.15) is 10.6 Å². The molecule has 0 amide bonds. The van der Waals surface area contributed by atoms with Crippen molar-refractivity contribution in [3.63, 3.8) is 0 Å². The number of ether oxygens (including phenoxy) is 2. The molecule has 1 atom stereocenters. The zero-order valence-electron chi connectivity index (χ0n) is 11.3. The zero-order valence-corrected chi connectivity index (χ0v) is 13.7. The van der Waals surface area contributed by atoms with Crippen molar-refractivity contribution in [2.24, 2.45) is 0 Å². The van der Waals surface area contributed by atoms with Gasteiger partial charge in [0.05, 0.1) is 19.8 Å². The highest BCUT2D eigenvalue weighted by molar-refractivity contribution is 9.10. The van der Waals surface area contributed by atoms with Gasteiger partial charge >= 0.3 is 0 Å². The Morgan fingerprint density at radius 1 is 1.40 bits per heavy atom. The number of sulfonamides is 1. The van der Waals surface area contributed by atoms with E-state index in [9.17, 15) is 13.5 Å². The Bertz CT molecular complexity index is 535. The van der Waals surface area contributed by atoms with Crippen LogP contribution in [0.4, 0.5) is 0 Å². The lowest BCUT2D eigenvalue weighted by atomic mass is 10.3. The molecule has 0 bridgehead atoms. The molecule has 0 saturated carbocycles. The summed E-state index contributed by atoms with van der Waals surface area (Å²) < 4.78 is 37.2. The van der Waals surface area contributed by atoms with E-state index in [-0.39, 0.29) is 30.2 Å². The maximum atomic E-state index is 12.2. The Balaban J connectivity index is 2.76. The highest BCUT2D eigenvalue weighted by Crippen LogP contribution is 2.26. The van der Waals surface area contributed by atoms with Crippen LogP contribution in [-0.2, 0) is 14.8 Å². The molecule has 1 unspecified atom stereocenters. The van der Waals surface area contributed by atoms with Crippen molar-refractivity contribution >= 4 is 26.0 Å². The van der Waals surface area contributed by atoms with Crippen LogP contribution in [0.5, 0.6) is 5.75 Å². The molecular weight excluding hydrogens is 350 g/mol. The topological polar surface area (TPSA) is 84.9 Å². The molecule has 114 valence electrons. The smallest absolute Gasteiger partial charge is 0.244 e. The van der Waals surface area contributed by atoms with Crippen molar-refractivity contribution in [3.8, 4) is 5.75 Å². The number of rotatable bonds is 8. The molecule has 0 aliphatic carbocycles. The van der Waals surface area contributed by atoms with Gasteiger partial charge in [-0.1, -0.05) is 15.9 Å². The summed E-state index contributed by atoms with van der Waals surface area (Å²) in [5.41, 5.74) is 0. The van der Waals surface area contributed by atoms with Crippen LogP contribution in [0.15, 0.2) is 27.6 Å². The predicted molar refractivity (Wildman–Crippen MR) is 78.4 cm³/mol. The third-order valence-corrected chi connectivity index (χ3v) is 4.52. The van der Waals surface area contributed by atoms with Crippen molar-refractivity contribution in [1.82, 2.24) is 4.72 Å². The van der Waals surface area contributed by atoms with Gasteiger partial charge in [0.25, 0.3) is 0 Å². The molecular formula is C12H18BrNO5S. The lowest BCUT2D eigenvalue weighted by Gasteiger charge is -2.13. The molecule has 0 fully saturated rings. The van der Waals surface area contributed by atoms with E-state index < -0.39 is 16.1 Å². The van der Waals surface area contributed by atoms with Gasteiger partial charge in [-0.15, -0.1) is 0 Å². The summed E-state index contributed by atoms with van der Waals surface area (Å²) in [5, 5.41) is 9.47. The van der Waals surface area contributed by atoms with Gasteiger partial charge in [-0.05, 0) is 24.6 Å². The van der Waals surface area contributed by atoms with Crippen molar-refractivity contribution in [2.75, 3.05) is 27.4 Å². The molecule has 2 N–H and O–H groups in total. The Labute approximate surface area is 127 Å². The fraction of sp³-hybridized carbons (Fsp3) is 0.500. The number of methoxy groups -OCH3 is 2. The lowest BCUT2D eigenvalue weighted by molar-refractivity contribution is 0.0603. The molecule has 0 aromatic heterocycles. The van der Waals surface area contributed by atoms with Gasteiger partial charge in [-0.3, -0.25) is 0 Å². The number of halogens is 1. The van der Waals surface area contributed by atoms with Crippen LogP contribution in [-0.4, -0.2) is 47.0 Å². The van der Waals surface area contributed by atoms with Gasteiger partial charge in [-0.2, -0.15) is 0 Å². The first-order valence-corrected chi connectivity index (χ1v) is 8.18. The highest BCUT2D eigenvalue weighted by Gasteiger charge is 2.19. The number of aliphatic hydroxyl groups is 1. The summed E-state index contributed by atoms with van der Waals surface area (Å²) in [6, 6.07) is 4.73. The average molecular weight is 368 g/mol. The van der Waals surface area contributed by atoms with Crippen LogP contribution in [0.25, 0.3) is 0 Å². The second kappa shape index (κ2) is 7.94. The van der Waals surface area contributed by atoms with Crippen LogP contribution in [0.1, 0.15) is 6.42 Å². The Kier molecular flexibility index (Phi) is 6.90. The molecule has 8 heteroatoms. The van der Waals surface area contributed by atoms with Crippen molar-refractivity contribution in [1.29, 1.82) is 0 Å². The maximum absolute atomic E-state index is 12.2. The molecule has 0 aliphatic heterocycles. The second-order valence-electron chi connectivity index (χ2n) is 4.09. The fourth-order valence-electron chi connectivity index (χ4n) is 1.57. The number of benzene rings is 1. The van der Waals surface area contributed by atoms with Gasteiger partial charge < -0.3 is 14.6 Å². The molecule has 1 aromatic carbocycles. The van der Waals surface area contributed by atoms with Crippen molar-refractivity contribution in [3.05, 3.63) is 22.7 Å². The van der Waals surface area contributed by atoms with E-state index >= 15 is 0 Å². The number of aliphatic hydroxyl groups excluding tert-OH is 1. The SMILES string of the molecule is COCC(O)CCNS(=O)(=O)c1cc(Br)ccc1OC. The van der Waals surface area contributed by atoms with E-state index in [0.29, 0.717) is 4.47 Å². The standard InChI is InChI=1S/C12H18BrNO5S/c1-18-8-10(15)5-6-14-20(16,17)12-7-9(13)3-4-11(12)19-2/h3-4,7,10,14-15H,5-6,8H2,1-2H3. The first kappa shape index (κ1) is 17.4. The van der Waals surface area contributed by atoms with Crippen LogP contribution in [0.3, 0.4) is 0 Å².